The van der Waals surface area contributed by atoms with Crippen LogP contribution in [0.25, 0.3) is 0 Å². The van der Waals surface area contributed by atoms with Crippen LogP contribution in [0.4, 0.5) is 0 Å². The van der Waals surface area contributed by atoms with E-state index in [-0.39, 0.29) is 0 Å². The highest BCUT2D eigenvalue weighted by atomic mass is 15.1. The van der Waals surface area contributed by atoms with Crippen LogP contribution in [0.15, 0.2) is 0 Å². The van der Waals surface area contributed by atoms with Crippen molar-refractivity contribution in [3.8, 4) is 0 Å². The second kappa shape index (κ2) is 3.94. The molecular formula is C8H18N2. The van der Waals surface area contributed by atoms with Gasteiger partial charge in [0.15, 0.2) is 0 Å². The fraction of sp³-hybridized carbons (Fsp3) is 1.00. The second-order valence-corrected chi connectivity index (χ2v) is 2.80. The maximum atomic E-state index is 3.53. The first-order chi connectivity index (χ1) is 4.95. The lowest BCUT2D eigenvalue weighted by molar-refractivity contribution is 0.423. The molecule has 2 unspecified atom stereocenters. The van der Waals surface area contributed by atoms with Crippen molar-refractivity contribution in [2.75, 3.05) is 13.1 Å². The predicted molar refractivity (Wildman–Crippen MR) is 44.2 cm³/mol. The van der Waals surface area contributed by atoms with Crippen LogP contribution in [0.1, 0.15) is 26.7 Å². The third-order valence-electron chi connectivity index (χ3n) is 2.12. The van der Waals surface area contributed by atoms with Gasteiger partial charge in [-0.15, -0.1) is 0 Å². The van der Waals surface area contributed by atoms with Crippen molar-refractivity contribution in [1.82, 2.24) is 10.6 Å². The number of rotatable bonds is 0. The minimum Gasteiger partial charge on any atom is -0.314 e. The third kappa shape index (κ3) is 1.70. The molecule has 2 bridgehead atoms. The van der Waals surface area contributed by atoms with E-state index in [2.05, 4.69) is 10.6 Å². The van der Waals surface area contributed by atoms with Gasteiger partial charge in [-0.05, 0) is 12.8 Å². The normalized spacial score (nSPS) is 36.6. The molecule has 0 spiro atoms. The Morgan fingerprint density at radius 3 is 1.90 bits per heavy atom. The smallest absolute Gasteiger partial charge is 0.0196 e. The van der Waals surface area contributed by atoms with Crippen LogP contribution < -0.4 is 10.6 Å². The molecule has 0 radical (unpaired) electrons. The average Bonchev–Trinajstić information content (AvgIpc) is 2.35. The minimum atomic E-state index is 0.800. The van der Waals surface area contributed by atoms with Gasteiger partial charge in [0.25, 0.3) is 0 Å². The number of fused-ring (bicyclic) bond motifs is 2. The Morgan fingerprint density at radius 1 is 1.00 bits per heavy atom. The highest BCUT2D eigenvalue weighted by Gasteiger charge is 2.26. The number of hydrogen-bond donors (Lipinski definition) is 2. The van der Waals surface area contributed by atoms with Gasteiger partial charge in [-0.1, -0.05) is 13.8 Å². The fourth-order valence-electron chi connectivity index (χ4n) is 1.66. The van der Waals surface area contributed by atoms with E-state index in [0.29, 0.717) is 0 Å². The monoisotopic (exact) mass is 142 g/mol. The Morgan fingerprint density at radius 2 is 1.50 bits per heavy atom. The van der Waals surface area contributed by atoms with Gasteiger partial charge in [0, 0.05) is 25.2 Å². The van der Waals surface area contributed by atoms with Crippen molar-refractivity contribution in [2.45, 2.75) is 38.8 Å². The molecule has 2 nitrogen and oxygen atoms in total. The topological polar surface area (TPSA) is 24.1 Å². The number of piperazine rings is 1. The molecule has 2 aliphatic heterocycles. The summed E-state index contributed by atoms with van der Waals surface area (Å²) in [6.45, 7) is 6.38. The number of nitrogens with one attached hydrogen (secondary N) is 2. The molecule has 0 saturated carbocycles. The maximum Gasteiger partial charge on any atom is 0.0196 e. The molecule has 0 aromatic carbocycles. The summed E-state index contributed by atoms with van der Waals surface area (Å²) in [5.41, 5.74) is 0. The summed E-state index contributed by atoms with van der Waals surface area (Å²) in [7, 11) is 0. The van der Waals surface area contributed by atoms with E-state index in [9.17, 15) is 0 Å². The molecule has 2 heteroatoms. The molecule has 0 amide bonds. The van der Waals surface area contributed by atoms with E-state index >= 15 is 0 Å². The fourth-order valence-corrected chi connectivity index (χ4v) is 1.66. The van der Waals surface area contributed by atoms with Crippen molar-refractivity contribution < 1.29 is 0 Å². The van der Waals surface area contributed by atoms with Gasteiger partial charge in [-0.25, -0.2) is 0 Å². The lowest BCUT2D eigenvalue weighted by Crippen LogP contribution is -2.48. The van der Waals surface area contributed by atoms with Crippen molar-refractivity contribution >= 4 is 0 Å². The molecule has 2 heterocycles. The van der Waals surface area contributed by atoms with Gasteiger partial charge in [-0.2, -0.15) is 0 Å². The van der Waals surface area contributed by atoms with Crippen molar-refractivity contribution in [3.05, 3.63) is 0 Å². The SMILES string of the molecule is C1CC2CNCC1N2.CC. The molecule has 2 saturated heterocycles. The van der Waals surface area contributed by atoms with Crippen LogP contribution >= 0.6 is 0 Å². The van der Waals surface area contributed by atoms with E-state index in [0.717, 1.165) is 12.1 Å². The van der Waals surface area contributed by atoms with Crippen molar-refractivity contribution in [2.24, 2.45) is 0 Å². The Balaban J connectivity index is 0.000000231. The summed E-state index contributed by atoms with van der Waals surface area (Å²) in [6.07, 6.45) is 2.77. The van der Waals surface area contributed by atoms with Crippen molar-refractivity contribution in [3.63, 3.8) is 0 Å². The zero-order valence-corrected chi connectivity index (χ0v) is 6.98. The van der Waals surface area contributed by atoms with Crippen LogP contribution in [-0.2, 0) is 0 Å². The minimum absolute atomic E-state index is 0.800. The lowest BCUT2D eigenvalue weighted by atomic mass is 10.2. The third-order valence-corrected chi connectivity index (χ3v) is 2.12. The summed E-state index contributed by atoms with van der Waals surface area (Å²) in [5.74, 6) is 0. The Hall–Kier alpha value is -0.0800. The van der Waals surface area contributed by atoms with Crippen LogP contribution in [0.2, 0.25) is 0 Å². The largest absolute Gasteiger partial charge is 0.314 e. The molecule has 60 valence electrons. The van der Waals surface area contributed by atoms with Gasteiger partial charge < -0.3 is 10.6 Å². The molecular weight excluding hydrogens is 124 g/mol. The van der Waals surface area contributed by atoms with Crippen LogP contribution in [0.5, 0.6) is 0 Å². The first-order valence-corrected chi connectivity index (χ1v) is 4.42. The predicted octanol–water partition coefficient (Wildman–Crippen LogP) is 0.736. The summed E-state index contributed by atoms with van der Waals surface area (Å²) < 4.78 is 0. The standard InChI is InChI=1S/C6H12N2.C2H6/c1-2-6-4-7-3-5(1)8-6;1-2/h5-8H,1-4H2;1-2H3. The van der Waals surface area contributed by atoms with Gasteiger partial charge in [0.1, 0.15) is 0 Å². The molecule has 0 aromatic rings. The molecule has 0 aliphatic carbocycles. The molecule has 2 aliphatic rings. The molecule has 2 atom stereocenters. The zero-order chi connectivity index (χ0) is 7.40. The van der Waals surface area contributed by atoms with Crippen LogP contribution in [-0.4, -0.2) is 25.2 Å². The number of hydrogen-bond acceptors (Lipinski definition) is 2. The molecule has 2 fully saturated rings. The lowest BCUT2D eigenvalue weighted by Gasteiger charge is -2.21. The highest BCUT2D eigenvalue weighted by molar-refractivity contribution is 4.90. The molecule has 10 heavy (non-hydrogen) atoms. The molecule has 0 aromatic heterocycles. The summed E-state index contributed by atoms with van der Waals surface area (Å²) in [5, 5.41) is 6.91. The zero-order valence-electron chi connectivity index (χ0n) is 6.98. The molecule has 2 N–H and O–H groups in total. The van der Waals surface area contributed by atoms with E-state index in [4.69, 9.17) is 0 Å². The van der Waals surface area contributed by atoms with Crippen LogP contribution in [0, 0.1) is 0 Å². The van der Waals surface area contributed by atoms with E-state index in [1.54, 1.807) is 0 Å². The quantitative estimate of drug-likeness (QED) is 0.521. The Labute approximate surface area is 63.4 Å². The highest BCUT2D eigenvalue weighted by Crippen LogP contribution is 2.13. The Bertz CT molecular complexity index is 79.3. The van der Waals surface area contributed by atoms with Gasteiger partial charge in [-0.3, -0.25) is 0 Å². The van der Waals surface area contributed by atoms with Gasteiger partial charge in [0.05, 0.1) is 0 Å². The molecule has 2 rings (SSSR count). The maximum absolute atomic E-state index is 3.53. The van der Waals surface area contributed by atoms with E-state index in [1.807, 2.05) is 13.8 Å². The Kier molecular flexibility index (Phi) is 3.16. The second-order valence-electron chi connectivity index (χ2n) is 2.80. The van der Waals surface area contributed by atoms with Crippen molar-refractivity contribution in [1.29, 1.82) is 0 Å². The van der Waals surface area contributed by atoms with Crippen LogP contribution in [0.3, 0.4) is 0 Å². The first-order valence-electron chi connectivity index (χ1n) is 4.42. The summed E-state index contributed by atoms with van der Waals surface area (Å²) in [4.78, 5) is 0. The average molecular weight is 142 g/mol. The first kappa shape index (κ1) is 8.02. The van der Waals surface area contributed by atoms with Gasteiger partial charge in [0.2, 0.25) is 0 Å². The summed E-state index contributed by atoms with van der Waals surface area (Å²) in [6, 6.07) is 1.60. The van der Waals surface area contributed by atoms with E-state index < -0.39 is 0 Å². The summed E-state index contributed by atoms with van der Waals surface area (Å²) >= 11 is 0. The van der Waals surface area contributed by atoms with E-state index in [1.165, 1.54) is 25.9 Å². The van der Waals surface area contributed by atoms with Gasteiger partial charge >= 0.3 is 0 Å².